The van der Waals surface area contributed by atoms with Crippen molar-refractivity contribution in [2.24, 2.45) is 5.73 Å². The van der Waals surface area contributed by atoms with Gasteiger partial charge in [-0.3, -0.25) is 4.79 Å². The van der Waals surface area contributed by atoms with Gasteiger partial charge < -0.3 is 10.5 Å². The van der Waals surface area contributed by atoms with E-state index in [1.54, 1.807) is 19.1 Å². The molecule has 3 nitrogen and oxygen atoms in total. The fraction of sp³-hybridized carbons (Fsp3) is 0.350. The maximum Gasteiger partial charge on any atom is 0.322 e. The first kappa shape index (κ1) is 18.1. The summed E-state index contributed by atoms with van der Waals surface area (Å²) in [5.74, 6) is -0.756. The zero-order chi connectivity index (χ0) is 17.9. The highest BCUT2D eigenvalue weighted by Gasteiger charge is 2.38. The number of esters is 1. The summed E-state index contributed by atoms with van der Waals surface area (Å²) in [7, 11) is 0. The summed E-state index contributed by atoms with van der Waals surface area (Å²) in [6.45, 7) is 7.43. The summed E-state index contributed by atoms with van der Waals surface area (Å²) in [4.78, 5) is 12.0. The molecule has 0 fully saturated rings. The van der Waals surface area contributed by atoms with Gasteiger partial charge in [-0.05, 0) is 51.0 Å². The summed E-state index contributed by atoms with van der Waals surface area (Å²) in [5.41, 5.74) is 8.00. The number of nitrogens with two attached hydrogens (primary N) is 1. The van der Waals surface area contributed by atoms with Gasteiger partial charge in [-0.2, -0.15) is 0 Å². The van der Waals surface area contributed by atoms with Crippen LogP contribution in [0.25, 0.3) is 0 Å². The number of hydrogen-bond acceptors (Lipinski definition) is 3. The van der Waals surface area contributed by atoms with E-state index >= 15 is 0 Å². The van der Waals surface area contributed by atoms with Gasteiger partial charge in [-0.1, -0.05) is 42.0 Å². The number of halogens is 1. The van der Waals surface area contributed by atoms with Gasteiger partial charge >= 0.3 is 5.97 Å². The van der Waals surface area contributed by atoms with E-state index in [1.807, 2.05) is 45.0 Å². The van der Waals surface area contributed by atoms with Crippen LogP contribution in [0.5, 0.6) is 0 Å². The minimum Gasteiger partial charge on any atom is -0.460 e. The number of benzene rings is 2. The molecule has 0 heterocycles. The number of carbonyl (C=O) groups excluding carboxylic acids is 1. The SMILES string of the molecule is Cc1ccc(C(C)(c2ccc(F)cc2)[C@H](C)OC(=O)[C@H](C)N)cc1. The molecule has 4 heteroatoms. The van der Waals surface area contributed by atoms with Crippen LogP contribution in [0, 0.1) is 12.7 Å². The van der Waals surface area contributed by atoms with Crippen LogP contribution in [0.3, 0.4) is 0 Å². The Kier molecular flexibility index (Phi) is 5.40. The molecule has 1 unspecified atom stereocenters. The molecule has 2 N–H and O–H groups in total. The molecule has 128 valence electrons. The highest BCUT2D eigenvalue weighted by atomic mass is 19.1. The molecule has 2 rings (SSSR count). The first-order valence-electron chi connectivity index (χ1n) is 8.04. The molecule has 0 aliphatic heterocycles. The predicted octanol–water partition coefficient (Wildman–Crippen LogP) is 3.72. The average molecular weight is 329 g/mol. The second-order valence-electron chi connectivity index (χ2n) is 6.44. The van der Waals surface area contributed by atoms with Gasteiger partial charge in [0.05, 0.1) is 5.41 Å². The molecule has 0 bridgehead atoms. The zero-order valence-corrected chi connectivity index (χ0v) is 14.5. The topological polar surface area (TPSA) is 52.3 Å². The Morgan fingerprint density at radius 2 is 1.50 bits per heavy atom. The Bertz CT molecular complexity index is 647. The third-order valence-electron chi connectivity index (χ3n) is 4.57. The van der Waals surface area contributed by atoms with E-state index in [1.165, 1.54) is 12.1 Å². The van der Waals surface area contributed by atoms with Crippen LogP contribution in [0.1, 0.15) is 37.5 Å². The van der Waals surface area contributed by atoms with Crippen molar-refractivity contribution in [2.75, 3.05) is 0 Å². The van der Waals surface area contributed by atoms with Crippen molar-refractivity contribution in [1.29, 1.82) is 0 Å². The van der Waals surface area contributed by atoms with Gasteiger partial charge in [0, 0.05) is 0 Å². The molecule has 0 radical (unpaired) electrons. The van der Waals surface area contributed by atoms with Crippen LogP contribution in [-0.4, -0.2) is 18.1 Å². The number of aryl methyl sites for hydroxylation is 1. The molecule has 0 spiro atoms. The second kappa shape index (κ2) is 7.14. The molecule has 24 heavy (non-hydrogen) atoms. The Morgan fingerprint density at radius 3 is 1.96 bits per heavy atom. The van der Waals surface area contributed by atoms with Gasteiger partial charge in [0.1, 0.15) is 18.0 Å². The Balaban J connectivity index is 2.49. The molecular weight excluding hydrogens is 305 g/mol. The molecule has 0 saturated heterocycles. The smallest absolute Gasteiger partial charge is 0.322 e. The number of carbonyl (C=O) groups is 1. The van der Waals surface area contributed by atoms with Crippen molar-refractivity contribution in [3.05, 3.63) is 71.0 Å². The Labute approximate surface area is 142 Å². The van der Waals surface area contributed by atoms with Crippen molar-refractivity contribution in [2.45, 2.75) is 45.3 Å². The normalized spacial score (nSPS) is 16.1. The fourth-order valence-corrected chi connectivity index (χ4v) is 2.73. The van der Waals surface area contributed by atoms with Crippen LogP contribution in [0.4, 0.5) is 4.39 Å². The zero-order valence-electron chi connectivity index (χ0n) is 14.5. The Morgan fingerprint density at radius 1 is 1.04 bits per heavy atom. The van der Waals surface area contributed by atoms with Crippen molar-refractivity contribution >= 4 is 5.97 Å². The Hall–Kier alpha value is -2.20. The maximum atomic E-state index is 13.3. The fourth-order valence-electron chi connectivity index (χ4n) is 2.73. The molecule has 0 amide bonds. The highest BCUT2D eigenvalue weighted by Crippen LogP contribution is 2.37. The summed E-state index contributed by atoms with van der Waals surface area (Å²) >= 11 is 0. The number of rotatable bonds is 5. The molecule has 2 aromatic rings. The van der Waals surface area contributed by atoms with Gasteiger partial charge in [0.25, 0.3) is 0 Å². The maximum absolute atomic E-state index is 13.3. The van der Waals surface area contributed by atoms with Crippen LogP contribution in [-0.2, 0) is 14.9 Å². The van der Waals surface area contributed by atoms with Gasteiger partial charge in [-0.15, -0.1) is 0 Å². The molecule has 2 aromatic carbocycles. The summed E-state index contributed by atoms with van der Waals surface area (Å²) in [5, 5.41) is 0. The molecule has 0 aliphatic rings. The van der Waals surface area contributed by atoms with E-state index in [4.69, 9.17) is 10.5 Å². The van der Waals surface area contributed by atoms with Gasteiger partial charge in [-0.25, -0.2) is 4.39 Å². The van der Waals surface area contributed by atoms with Crippen LogP contribution in [0.15, 0.2) is 48.5 Å². The van der Waals surface area contributed by atoms with E-state index in [2.05, 4.69) is 0 Å². The first-order chi connectivity index (χ1) is 11.2. The third kappa shape index (κ3) is 3.65. The summed E-state index contributed by atoms with van der Waals surface area (Å²) in [6, 6.07) is 13.6. The predicted molar refractivity (Wildman–Crippen MR) is 93.2 cm³/mol. The van der Waals surface area contributed by atoms with Crippen LogP contribution in [0.2, 0.25) is 0 Å². The van der Waals surface area contributed by atoms with Crippen LogP contribution < -0.4 is 5.73 Å². The molecule has 0 aliphatic carbocycles. The van der Waals surface area contributed by atoms with Gasteiger partial charge in [0.15, 0.2) is 0 Å². The lowest BCUT2D eigenvalue weighted by molar-refractivity contribution is -0.151. The quantitative estimate of drug-likeness (QED) is 0.851. The molecule has 0 saturated carbocycles. The first-order valence-corrected chi connectivity index (χ1v) is 8.04. The van der Waals surface area contributed by atoms with E-state index in [0.717, 1.165) is 16.7 Å². The molecule has 3 atom stereocenters. The standard InChI is InChI=1S/C20H24FNO2/c1-13-5-7-16(8-6-13)20(4,15(3)24-19(23)14(2)22)17-9-11-18(21)12-10-17/h5-12,14-15H,22H2,1-4H3/t14-,15-,20?/m0/s1. The summed E-state index contributed by atoms with van der Waals surface area (Å²) < 4.78 is 18.9. The lowest BCUT2D eigenvalue weighted by atomic mass is 9.72. The second-order valence-corrected chi connectivity index (χ2v) is 6.44. The average Bonchev–Trinajstić information content (AvgIpc) is 2.55. The van der Waals surface area contributed by atoms with Crippen molar-refractivity contribution in [3.8, 4) is 0 Å². The lowest BCUT2D eigenvalue weighted by Crippen LogP contribution is -2.42. The van der Waals surface area contributed by atoms with Crippen molar-refractivity contribution < 1.29 is 13.9 Å². The van der Waals surface area contributed by atoms with Crippen molar-refractivity contribution in [1.82, 2.24) is 0 Å². The molecular formula is C20H24FNO2. The molecule has 0 aromatic heterocycles. The van der Waals surface area contributed by atoms with Crippen LogP contribution >= 0.6 is 0 Å². The van der Waals surface area contributed by atoms with E-state index in [9.17, 15) is 9.18 Å². The van der Waals surface area contributed by atoms with Gasteiger partial charge in [0.2, 0.25) is 0 Å². The van der Waals surface area contributed by atoms with E-state index < -0.39 is 23.5 Å². The number of hydrogen-bond donors (Lipinski definition) is 1. The summed E-state index contributed by atoms with van der Waals surface area (Å²) in [6.07, 6.45) is -0.468. The largest absolute Gasteiger partial charge is 0.460 e. The van der Waals surface area contributed by atoms with E-state index in [-0.39, 0.29) is 5.82 Å². The monoisotopic (exact) mass is 329 g/mol. The number of ether oxygens (including phenoxy) is 1. The van der Waals surface area contributed by atoms with E-state index in [0.29, 0.717) is 0 Å². The minimum absolute atomic E-state index is 0.301. The third-order valence-corrected chi connectivity index (χ3v) is 4.57. The minimum atomic E-state index is -0.692. The van der Waals surface area contributed by atoms with Crippen molar-refractivity contribution in [3.63, 3.8) is 0 Å². The highest BCUT2D eigenvalue weighted by molar-refractivity contribution is 5.75. The lowest BCUT2D eigenvalue weighted by Gasteiger charge is -2.36.